The van der Waals surface area contributed by atoms with Gasteiger partial charge < -0.3 is 0 Å². The van der Waals surface area contributed by atoms with E-state index in [2.05, 4.69) is 155 Å². The molecule has 0 saturated heterocycles. The third-order valence-corrected chi connectivity index (χ3v) is 10.2. The third kappa shape index (κ3) is 32.1. The van der Waals surface area contributed by atoms with Crippen LogP contribution in [-0.2, 0) is 0 Å². The summed E-state index contributed by atoms with van der Waals surface area (Å²) in [4.78, 5) is 48.6. The Morgan fingerprint density at radius 3 is 1.16 bits per heavy atom. The number of aryl methyl sites for hydroxylation is 15. The van der Waals surface area contributed by atoms with Gasteiger partial charge in [0.05, 0.1) is 11.4 Å². The molecule has 0 aliphatic rings. The first-order valence-corrected chi connectivity index (χ1v) is 28.7. The SMILES string of the molecule is CC.CC.CC.CC.CC.CC.Cc1cc(C)ncn1.Cc1ccc2c(C)cncc2c1.Cc1ccnc(C)n1.Cc1cnc(C)c2ccccc12.Cc1cncc(C)n1.Cc1cncc2c(C)cccc12.Cc1nc(C)nc(C)n1. The molecule has 0 atom stereocenters. The fraction of sp³-hybridized carbons (Fsp3) is 0.391. The van der Waals surface area contributed by atoms with Gasteiger partial charge in [0, 0.05) is 88.5 Å². The summed E-state index contributed by atoms with van der Waals surface area (Å²) >= 11 is 0. The summed E-state index contributed by atoms with van der Waals surface area (Å²) in [5, 5.41) is 7.68. The van der Waals surface area contributed by atoms with E-state index in [4.69, 9.17) is 0 Å². The Labute approximate surface area is 490 Å². The Morgan fingerprint density at radius 2 is 0.728 bits per heavy atom. The molecule has 3 aromatic carbocycles. The van der Waals surface area contributed by atoms with Crippen LogP contribution < -0.4 is 0 Å². The average molecular weight is 1100 g/mol. The van der Waals surface area contributed by atoms with Gasteiger partial charge in [-0.2, -0.15) is 0 Å². The van der Waals surface area contributed by atoms with E-state index in [9.17, 15) is 0 Å². The van der Waals surface area contributed by atoms with Gasteiger partial charge in [0.1, 0.15) is 29.6 Å². The monoisotopic (exact) mass is 1100 g/mol. The van der Waals surface area contributed by atoms with Gasteiger partial charge in [-0.3, -0.25) is 24.9 Å². The first kappa shape index (κ1) is 77.4. The molecular formula is C69H102N12. The normalized spacial score (nSPS) is 8.93. The molecule has 0 saturated carbocycles. The van der Waals surface area contributed by atoms with Crippen LogP contribution in [0.3, 0.4) is 0 Å². The van der Waals surface area contributed by atoms with Gasteiger partial charge in [0.25, 0.3) is 0 Å². The van der Waals surface area contributed by atoms with Crippen molar-refractivity contribution in [1.29, 1.82) is 0 Å². The van der Waals surface area contributed by atoms with Crippen molar-refractivity contribution in [3.63, 3.8) is 0 Å². The van der Waals surface area contributed by atoms with Crippen molar-refractivity contribution in [2.75, 3.05) is 0 Å². The van der Waals surface area contributed by atoms with E-state index < -0.39 is 0 Å². The second-order valence-electron chi connectivity index (χ2n) is 16.7. The van der Waals surface area contributed by atoms with Crippen molar-refractivity contribution in [2.24, 2.45) is 0 Å². The van der Waals surface area contributed by atoms with Crippen molar-refractivity contribution in [3.05, 3.63) is 214 Å². The van der Waals surface area contributed by atoms with Gasteiger partial charge in [-0.25, -0.2) is 34.9 Å². The molecule has 0 amide bonds. The molecule has 0 N–H and O–H groups in total. The summed E-state index contributed by atoms with van der Waals surface area (Å²) in [6.45, 7) is 53.7. The quantitative estimate of drug-likeness (QED) is 0.142. The Morgan fingerprint density at radius 1 is 0.272 bits per heavy atom. The number of fused-ring (bicyclic) bond motifs is 3. The number of pyridine rings is 3. The Balaban J connectivity index is -0.000000854. The topological polar surface area (TPSA) is 155 Å². The molecule has 12 heteroatoms. The molecule has 0 unspecified atom stereocenters. The van der Waals surface area contributed by atoms with Crippen LogP contribution in [0, 0.1) is 104 Å². The zero-order chi connectivity index (χ0) is 62.5. The zero-order valence-corrected chi connectivity index (χ0v) is 55.0. The summed E-state index contributed by atoms with van der Waals surface area (Å²) < 4.78 is 0. The fourth-order valence-electron chi connectivity index (χ4n) is 6.94. The van der Waals surface area contributed by atoms with Crippen molar-refractivity contribution >= 4 is 32.3 Å². The van der Waals surface area contributed by atoms with Crippen LogP contribution in [0.1, 0.15) is 168 Å². The molecule has 7 aromatic heterocycles. The molecule has 0 bridgehead atoms. The highest BCUT2D eigenvalue weighted by atomic mass is 15.0. The smallest absolute Gasteiger partial charge is 0.129 e. The van der Waals surface area contributed by atoms with E-state index in [1.807, 2.05) is 195 Å². The van der Waals surface area contributed by atoms with E-state index in [0.717, 1.165) is 57.5 Å². The minimum atomic E-state index is 0.792. The van der Waals surface area contributed by atoms with E-state index in [1.54, 1.807) is 24.9 Å². The molecule has 81 heavy (non-hydrogen) atoms. The maximum Gasteiger partial charge on any atom is 0.129 e. The minimum Gasteiger partial charge on any atom is -0.264 e. The molecule has 12 nitrogen and oxygen atoms in total. The number of aromatic nitrogens is 12. The van der Waals surface area contributed by atoms with Crippen molar-refractivity contribution in [3.8, 4) is 0 Å². The lowest BCUT2D eigenvalue weighted by atomic mass is 10.1. The van der Waals surface area contributed by atoms with Crippen molar-refractivity contribution in [2.45, 2.75) is 187 Å². The average Bonchev–Trinajstić information content (AvgIpc) is 3.47. The zero-order valence-electron chi connectivity index (χ0n) is 55.0. The highest BCUT2D eigenvalue weighted by Crippen LogP contribution is 2.21. The predicted octanol–water partition coefficient (Wildman–Crippen LogP) is 18.8. The minimum absolute atomic E-state index is 0.792. The van der Waals surface area contributed by atoms with E-state index in [1.165, 1.54) is 60.1 Å². The highest BCUT2D eigenvalue weighted by Gasteiger charge is 2.00. The van der Waals surface area contributed by atoms with Crippen LogP contribution >= 0.6 is 0 Å². The standard InChI is InChI=1S/3C11H11N.C6H9N3.3C6H8N2.6C2H6/c1-8-3-4-11-9(2)6-12-7-10(11)5-8;1-8-4-3-5-10-9(2)6-12-7-11(8)10;1-8-7-12-9(2)11-6-4-3-5-10(8)11;1-4-7-5(2)9-6(3)8-4;1-5-3-7-4-6(2)8-5;1-5-3-6(2)8-4-7-5;1-5-3-4-7-6(2)8-5;6*1-2/h3*3-7H,1-2H3;1-3H3;3*3-4H,1-2H3;6*1-2H3. The van der Waals surface area contributed by atoms with Crippen molar-refractivity contribution in [1.82, 2.24) is 59.8 Å². The molecule has 0 spiro atoms. The lowest BCUT2D eigenvalue weighted by Crippen LogP contribution is -1.97. The molecular weight excluding hydrogens is 997 g/mol. The van der Waals surface area contributed by atoms with Gasteiger partial charge in [-0.05, 0) is 160 Å². The summed E-state index contributed by atoms with van der Waals surface area (Å²) in [6, 6.07) is 25.0. The highest BCUT2D eigenvalue weighted by molar-refractivity contribution is 5.88. The maximum atomic E-state index is 4.31. The lowest BCUT2D eigenvalue weighted by Gasteiger charge is -2.02. The van der Waals surface area contributed by atoms with E-state index in [0.29, 0.717) is 0 Å². The van der Waals surface area contributed by atoms with Gasteiger partial charge in [0.2, 0.25) is 0 Å². The van der Waals surface area contributed by atoms with E-state index in [-0.39, 0.29) is 0 Å². The number of hydrogen-bond donors (Lipinski definition) is 0. The van der Waals surface area contributed by atoms with Crippen LogP contribution in [0.4, 0.5) is 0 Å². The van der Waals surface area contributed by atoms with Crippen LogP contribution in [0.25, 0.3) is 32.3 Å². The van der Waals surface area contributed by atoms with Crippen LogP contribution in [0.15, 0.2) is 129 Å². The largest absolute Gasteiger partial charge is 0.264 e. The molecule has 0 fully saturated rings. The first-order valence-electron chi connectivity index (χ1n) is 28.7. The van der Waals surface area contributed by atoms with Crippen LogP contribution in [0.5, 0.6) is 0 Å². The third-order valence-electron chi connectivity index (χ3n) is 10.2. The van der Waals surface area contributed by atoms with Crippen LogP contribution in [-0.4, -0.2) is 59.8 Å². The number of nitrogens with zero attached hydrogens (tertiary/aromatic N) is 12. The van der Waals surface area contributed by atoms with Gasteiger partial charge in [0.15, 0.2) is 0 Å². The van der Waals surface area contributed by atoms with Crippen LogP contribution in [0.2, 0.25) is 0 Å². The molecule has 7 heterocycles. The molecule has 0 aliphatic heterocycles. The van der Waals surface area contributed by atoms with Gasteiger partial charge in [-0.15, -0.1) is 0 Å². The molecule has 10 rings (SSSR count). The molecule has 10 aromatic rings. The Hall–Kier alpha value is -7.86. The summed E-state index contributed by atoms with van der Waals surface area (Å²) in [7, 11) is 0. The predicted molar refractivity (Wildman–Crippen MR) is 350 cm³/mol. The van der Waals surface area contributed by atoms with Gasteiger partial charge in [-0.1, -0.05) is 143 Å². The fourth-order valence-corrected chi connectivity index (χ4v) is 6.94. The summed E-state index contributed by atoms with van der Waals surface area (Å²) in [5.41, 5.74) is 12.5. The second-order valence-corrected chi connectivity index (χ2v) is 16.7. The number of hydrogen-bond acceptors (Lipinski definition) is 12. The lowest BCUT2D eigenvalue weighted by molar-refractivity contribution is 0.875. The maximum absolute atomic E-state index is 4.31. The molecule has 0 aliphatic carbocycles. The Kier molecular flexibility index (Phi) is 44.9. The Bertz CT molecular complexity index is 2880. The van der Waals surface area contributed by atoms with E-state index >= 15 is 0 Å². The first-order chi connectivity index (χ1) is 38.9. The summed E-state index contributed by atoms with van der Waals surface area (Å²) in [6.07, 6.45) is 16.4. The number of rotatable bonds is 0. The molecule has 0 radical (unpaired) electrons. The van der Waals surface area contributed by atoms with Crippen molar-refractivity contribution < 1.29 is 0 Å². The summed E-state index contributed by atoms with van der Waals surface area (Å²) in [5.74, 6) is 3.21. The number of benzene rings is 3. The second kappa shape index (κ2) is 47.0. The van der Waals surface area contributed by atoms with Gasteiger partial charge >= 0.3 is 0 Å². The molecule has 438 valence electrons.